The first-order valence-electron chi connectivity index (χ1n) is 11.5. The third kappa shape index (κ3) is 6.19. The minimum atomic E-state index is -1.15. The van der Waals surface area contributed by atoms with Gasteiger partial charge in [-0.2, -0.15) is 0 Å². The molecule has 1 saturated heterocycles. The van der Waals surface area contributed by atoms with Gasteiger partial charge >= 0.3 is 6.09 Å². The molecule has 8 heteroatoms. The van der Waals surface area contributed by atoms with E-state index in [4.69, 9.17) is 21.7 Å². The van der Waals surface area contributed by atoms with Crippen molar-refractivity contribution in [3.8, 4) is 0 Å². The first-order valence-corrected chi connectivity index (χ1v) is 11.8. The Morgan fingerprint density at radius 1 is 0.971 bits per heavy atom. The van der Waals surface area contributed by atoms with E-state index in [2.05, 4.69) is 10.6 Å². The summed E-state index contributed by atoms with van der Waals surface area (Å²) in [6.07, 6.45) is 0.945. The third-order valence-electron chi connectivity index (χ3n) is 5.78. The van der Waals surface area contributed by atoms with Crippen molar-refractivity contribution in [1.29, 1.82) is 5.41 Å². The summed E-state index contributed by atoms with van der Waals surface area (Å²) in [6, 6.07) is 21.0. The van der Waals surface area contributed by atoms with Gasteiger partial charge in [-0.3, -0.25) is 15.5 Å². The minimum absolute atomic E-state index is 0.472. The number of piperidine rings is 1. The van der Waals surface area contributed by atoms with Crippen molar-refractivity contribution < 1.29 is 14.3 Å². The van der Waals surface area contributed by atoms with Crippen LogP contribution in [0.25, 0.3) is 0 Å². The average molecular weight is 491 g/mol. The second-order valence-corrected chi connectivity index (χ2v) is 8.81. The van der Waals surface area contributed by atoms with Crippen molar-refractivity contribution in [2.75, 3.05) is 22.1 Å². The molecule has 2 amide bonds. The van der Waals surface area contributed by atoms with E-state index in [0.29, 0.717) is 27.8 Å². The van der Waals surface area contributed by atoms with Gasteiger partial charge in [-0.15, -0.1) is 0 Å². The summed E-state index contributed by atoms with van der Waals surface area (Å²) < 4.78 is 5.54. The van der Waals surface area contributed by atoms with Crippen LogP contribution in [0.4, 0.5) is 21.9 Å². The van der Waals surface area contributed by atoms with Gasteiger partial charge in [-0.25, -0.2) is 4.79 Å². The second kappa shape index (κ2) is 11.1. The van der Waals surface area contributed by atoms with Gasteiger partial charge in [0, 0.05) is 40.6 Å². The first kappa shape index (κ1) is 24.3. The number of carbonyl (C=O) groups excluding carboxylic acids is 2. The van der Waals surface area contributed by atoms with Gasteiger partial charge < -0.3 is 15.0 Å². The molecule has 0 bridgehead atoms. The molecule has 1 unspecified atom stereocenters. The maximum absolute atomic E-state index is 13.2. The number of hydrogen-bond donors (Lipinski definition) is 3. The fraction of sp³-hybridized carbons (Fsp3) is 0.222. The van der Waals surface area contributed by atoms with Crippen LogP contribution in [0.5, 0.6) is 0 Å². The molecule has 0 saturated carbocycles. The van der Waals surface area contributed by atoms with Crippen LogP contribution in [0.2, 0.25) is 5.02 Å². The summed E-state index contributed by atoms with van der Waals surface area (Å²) in [5.74, 6) is 0.140. The highest BCUT2D eigenvalue weighted by atomic mass is 35.5. The topological polar surface area (TPSA) is 94.5 Å². The summed E-state index contributed by atoms with van der Waals surface area (Å²) in [6.45, 7) is 2.77. The molecule has 0 aliphatic carbocycles. The zero-order valence-electron chi connectivity index (χ0n) is 19.4. The molecule has 0 aromatic heterocycles. The molecule has 1 aliphatic heterocycles. The van der Waals surface area contributed by atoms with Crippen molar-refractivity contribution >= 4 is 46.5 Å². The molecule has 1 fully saturated rings. The molecular formula is C27H27ClN4O3. The van der Waals surface area contributed by atoms with E-state index in [-0.39, 0.29) is 0 Å². The van der Waals surface area contributed by atoms with Crippen LogP contribution in [0.15, 0.2) is 72.8 Å². The standard InChI is InChI=1S/C27H27ClN4O3/c1-18-17-22(14-15-23(18)32-16-6-5-9-24(32)29)30-26(33)25(19-7-3-2-4-8-19)35-27(34)31-21-12-10-20(28)11-13-21/h2-4,7-8,10-15,17,25,29H,5-6,9,16H2,1H3,(H,30,33)(H,31,34). The van der Waals surface area contributed by atoms with Gasteiger partial charge in [0.05, 0.1) is 0 Å². The third-order valence-corrected chi connectivity index (χ3v) is 6.03. The van der Waals surface area contributed by atoms with Crippen molar-refractivity contribution in [2.45, 2.75) is 32.3 Å². The molecule has 35 heavy (non-hydrogen) atoms. The maximum atomic E-state index is 13.2. The molecule has 4 rings (SSSR count). The van der Waals surface area contributed by atoms with E-state index in [9.17, 15) is 9.59 Å². The Balaban J connectivity index is 1.49. The number of ether oxygens (including phenoxy) is 1. The van der Waals surface area contributed by atoms with Gasteiger partial charge in [0.15, 0.2) is 0 Å². The van der Waals surface area contributed by atoms with Crippen LogP contribution in [-0.4, -0.2) is 24.4 Å². The Bertz CT molecular complexity index is 1210. The lowest BCUT2D eigenvalue weighted by molar-refractivity contribution is -0.124. The Morgan fingerprint density at radius 2 is 1.69 bits per heavy atom. The quantitative estimate of drug-likeness (QED) is 0.365. The Morgan fingerprint density at radius 3 is 2.37 bits per heavy atom. The monoisotopic (exact) mass is 490 g/mol. The van der Waals surface area contributed by atoms with Crippen molar-refractivity contribution in [1.82, 2.24) is 0 Å². The van der Waals surface area contributed by atoms with E-state index in [1.165, 1.54) is 0 Å². The lowest BCUT2D eigenvalue weighted by Crippen LogP contribution is -2.35. The lowest BCUT2D eigenvalue weighted by Gasteiger charge is -2.30. The molecular weight excluding hydrogens is 464 g/mol. The summed E-state index contributed by atoms with van der Waals surface area (Å²) in [5, 5.41) is 14.3. The normalized spacial score (nSPS) is 14.2. The lowest BCUT2D eigenvalue weighted by atomic mass is 10.1. The number of nitrogens with zero attached hydrogens (tertiary/aromatic N) is 1. The molecule has 3 N–H and O–H groups in total. The predicted octanol–water partition coefficient (Wildman–Crippen LogP) is 6.54. The summed E-state index contributed by atoms with van der Waals surface area (Å²) in [5.41, 5.74) is 3.55. The van der Waals surface area contributed by atoms with E-state index in [0.717, 1.165) is 37.1 Å². The molecule has 1 atom stereocenters. The van der Waals surface area contributed by atoms with E-state index >= 15 is 0 Å². The SMILES string of the molecule is Cc1cc(NC(=O)C(OC(=O)Nc2ccc(Cl)cc2)c2ccccc2)ccc1N1CCCCC1=N. The van der Waals surface area contributed by atoms with Crippen LogP contribution in [0, 0.1) is 12.3 Å². The molecule has 3 aromatic rings. The zero-order valence-corrected chi connectivity index (χ0v) is 20.1. The number of benzene rings is 3. The number of halogens is 1. The maximum Gasteiger partial charge on any atom is 0.412 e. The molecule has 3 aromatic carbocycles. The number of carbonyl (C=O) groups is 2. The molecule has 1 aliphatic rings. The first-order chi connectivity index (χ1) is 16.9. The highest BCUT2D eigenvalue weighted by Crippen LogP contribution is 2.28. The molecule has 0 spiro atoms. The second-order valence-electron chi connectivity index (χ2n) is 8.37. The summed E-state index contributed by atoms with van der Waals surface area (Å²) in [7, 11) is 0. The van der Waals surface area contributed by atoms with Gasteiger partial charge in [0.1, 0.15) is 5.84 Å². The number of anilines is 3. The van der Waals surface area contributed by atoms with Crippen LogP contribution >= 0.6 is 11.6 Å². The van der Waals surface area contributed by atoms with Crippen molar-refractivity contribution in [2.24, 2.45) is 0 Å². The van der Waals surface area contributed by atoms with Crippen LogP contribution < -0.4 is 15.5 Å². The Kier molecular flexibility index (Phi) is 7.67. The molecule has 0 radical (unpaired) electrons. The fourth-order valence-electron chi connectivity index (χ4n) is 4.03. The number of nitrogens with one attached hydrogen (secondary N) is 3. The average Bonchev–Trinajstić information content (AvgIpc) is 2.85. The Hall–Kier alpha value is -3.84. The molecule has 180 valence electrons. The van der Waals surface area contributed by atoms with E-state index < -0.39 is 18.1 Å². The van der Waals surface area contributed by atoms with Crippen LogP contribution in [0.1, 0.15) is 36.5 Å². The highest BCUT2D eigenvalue weighted by Gasteiger charge is 2.26. The predicted molar refractivity (Wildman–Crippen MR) is 139 cm³/mol. The fourth-order valence-corrected chi connectivity index (χ4v) is 4.16. The Labute approximate surface area is 209 Å². The van der Waals surface area contributed by atoms with Gasteiger partial charge in [0.2, 0.25) is 6.10 Å². The van der Waals surface area contributed by atoms with E-state index in [1.807, 2.05) is 30.0 Å². The summed E-state index contributed by atoms with van der Waals surface area (Å²) in [4.78, 5) is 27.8. The minimum Gasteiger partial charge on any atom is -0.431 e. The molecule has 7 nitrogen and oxygen atoms in total. The van der Waals surface area contributed by atoms with Crippen LogP contribution in [0.3, 0.4) is 0 Å². The van der Waals surface area contributed by atoms with Crippen LogP contribution in [-0.2, 0) is 9.53 Å². The summed E-state index contributed by atoms with van der Waals surface area (Å²) >= 11 is 5.89. The number of rotatable bonds is 6. The zero-order chi connectivity index (χ0) is 24.8. The number of amides is 2. The van der Waals surface area contributed by atoms with Gasteiger partial charge in [0.25, 0.3) is 5.91 Å². The largest absolute Gasteiger partial charge is 0.431 e. The van der Waals surface area contributed by atoms with Crippen molar-refractivity contribution in [3.05, 3.63) is 88.9 Å². The molecule has 1 heterocycles. The number of amidine groups is 1. The van der Waals surface area contributed by atoms with Gasteiger partial charge in [-0.1, -0.05) is 41.9 Å². The van der Waals surface area contributed by atoms with Crippen molar-refractivity contribution in [3.63, 3.8) is 0 Å². The smallest absolute Gasteiger partial charge is 0.412 e. The number of hydrogen-bond acceptors (Lipinski definition) is 4. The van der Waals surface area contributed by atoms with E-state index in [1.54, 1.807) is 54.6 Å². The number of aryl methyl sites for hydroxylation is 1. The highest BCUT2D eigenvalue weighted by molar-refractivity contribution is 6.30. The van der Waals surface area contributed by atoms with Gasteiger partial charge in [-0.05, 0) is 67.8 Å².